The van der Waals surface area contributed by atoms with Gasteiger partial charge in [-0.1, -0.05) is 36.4 Å². The minimum atomic E-state index is -0.518. The summed E-state index contributed by atoms with van der Waals surface area (Å²) in [4.78, 5) is 33.8. The Morgan fingerprint density at radius 1 is 1.07 bits per heavy atom. The van der Waals surface area contributed by atoms with Gasteiger partial charge in [-0.3, -0.25) is 9.59 Å². The molecule has 1 aromatic heterocycles. The zero-order valence-corrected chi connectivity index (χ0v) is 17.4. The number of amides is 2. The molecule has 0 saturated carbocycles. The Bertz CT molecular complexity index is 1150. The van der Waals surface area contributed by atoms with Crippen molar-refractivity contribution in [1.29, 1.82) is 0 Å². The fourth-order valence-corrected chi connectivity index (χ4v) is 4.94. The maximum atomic E-state index is 13.4. The van der Waals surface area contributed by atoms with Gasteiger partial charge in [0, 0.05) is 34.6 Å². The second-order valence-corrected chi connectivity index (χ2v) is 8.29. The molecule has 2 aliphatic heterocycles. The summed E-state index contributed by atoms with van der Waals surface area (Å²) >= 11 is 0. The van der Waals surface area contributed by atoms with Crippen LogP contribution in [-0.4, -0.2) is 52.3 Å². The number of H-pyrrole nitrogens is 1. The number of rotatable bonds is 3. The second kappa shape index (κ2) is 6.90. The molecule has 6 nitrogen and oxygen atoms in total. The minimum absolute atomic E-state index is 0.0143. The first kappa shape index (κ1) is 18.7. The average Bonchev–Trinajstić information content (AvgIpc) is 3.13. The zero-order chi connectivity index (χ0) is 21.0. The Hall–Kier alpha value is -3.28. The monoisotopic (exact) mass is 403 g/mol. The molecular formula is C24H25N3O3. The summed E-state index contributed by atoms with van der Waals surface area (Å²) in [5.41, 5.74) is 3.98. The highest BCUT2D eigenvalue weighted by Crippen LogP contribution is 2.44. The van der Waals surface area contributed by atoms with Gasteiger partial charge in [0.15, 0.2) is 0 Å². The molecule has 3 heterocycles. The highest BCUT2D eigenvalue weighted by molar-refractivity contribution is 5.97. The Kier molecular flexibility index (Phi) is 4.31. The Morgan fingerprint density at radius 2 is 1.80 bits per heavy atom. The molecule has 2 atom stereocenters. The quantitative estimate of drug-likeness (QED) is 0.730. The van der Waals surface area contributed by atoms with Crippen LogP contribution in [-0.2, 0) is 16.0 Å². The first-order chi connectivity index (χ1) is 14.5. The second-order valence-electron chi connectivity index (χ2n) is 8.29. The number of aromatic nitrogens is 1. The molecule has 154 valence electrons. The van der Waals surface area contributed by atoms with E-state index in [1.807, 2.05) is 56.3 Å². The van der Waals surface area contributed by atoms with Crippen LogP contribution in [0.25, 0.3) is 10.9 Å². The van der Waals surface area contributed by atoms with Crippen molar-refractivity contribution in [2.24, 2.45) is 0 Å². The van der Waals surface area contributed by atoms with E-state index in [9.17, 15) is 9.59 Å². The molecule has 0 bridgehead atoms. The van der Waals surface area contributed by atoms with E-state index in [1.54, 1.807) is 16.9 Å². The molecule has 6 heteroatoms. The van der Waals surface area contributed by atoms with Crippen LogP contribution < -0.4 is 4.74 Å². The molecule has 1 N–H and O–H groups in total. The molecule has 30 heavy (non-hydrogen) atoms. The lowest BCUT2D eigenvalue weighted by atomic mass is 9.85. The first-order valence-electron chi connectivity index (χ1n) is 10.3. The van der Waals surface area contributed by atoms with Gasteiger partial charge >= 0.3 is 0 Å². The number of para-hydroxylation sites is 2. The van der Waals surface area contributed by atoms with Crippen LogP contribution in [0.3, 0.4) is 0 Å². The van der Waals surface area contributed by atoms with Gasteiger partial charge < -0.3 is 19.5 Å². The van der Waals surface area contributed by atoms with Crippen molar-refractivity contribution < 1.29 is 14.3 Å². The normalized spacial score (nSPS) is 21.2. The van der Waals surface area contributed by atoms with Gasteiger partial charge in [-0.25, -0.2) is 0 Å². The van der Waals surface area contributed by atoms with E-state index in [0.717, 1.165) is 27.7 Å². The van der Waals surface area contributed by atoms with Gasteiger partial charge in [0.05, 0.1) is 7.11 Å². The molecular weight excluding hydrogens is 378 g/mol. The van der Waals surface area contributed by atoms with Crippen LogP contribution in [0.1, 0.15) is 36.7 Å². The minimum Gasteiger partial charge on any atom is -0.496 e. The highest BCUT2D eigenvalue weighted by Gasteiger charge is 2.49. The van der Waals surface area contributed by atoms with Crippen LogP contribution in [0.4, 0.5) is 0 Å². The number of hydrogen-bond donors (Lipinski definition) is 1. The number of nitrogens with one attached hydrogen (secondary N) is 1. The van der Waals surface area contributed by atoms with Crippen LogP contribution in [0, 0.1) is 0 Å². The van der Waals surface area contributed by atoms with Crippen LogP contribution >= 0.6 is 0 Å². The van der Waals surface area contributed by atoms with Gasteiger partial charge in [0.2, 0.25) is 11.8 Å². The van der Waals surface area contributed by atoms with Gasteiger partial charge in [-0.05, 0) is 31.5 Å². The van der Waals surface area contributed by atoms with Crippen LogP contribution in [0.15, 0.2) is 48.5 Å². The van der Waals surface area contributed by atoms with Gasteiger partial charge in [-0.2, -0.15) is 0 Å². The lowest BCUT2D eigenvalue weighted by molar-refractivity contribution is -0.160. The van der Waals surface area contributed by atoms with E-state index in [1.165, 1.54) is 0 Å². The summed E-state index contributed by atoms with van der Waals surface area (Å²) in [5, 5.41) is 1.11. The Balaban J connectivity index is 1.75. The molecule has 1 fully saturated rings. The molecule has 0 radical (unpaired) electrons. The SMILES string of the molecule is COc1ccccc1[C@H]1c2[nH]c3ccccc3c2C[C@@H]2C(=O)N(C(C)C)CC(=O)N12. The molecule has 2 amide bonds. The van der Waals surface area contributed by atoms with E-state index in [4.69, 9.17) is 4.74 Å². The summed E-state index contributed by atoms with van der Waals surface area (Å²) in [6, 6.07) is 14.9. The van der Waals surface area contributed by atoms with Crippen molar-refractivity contribution >= 4 is 22.7 Å². The Labute approximate surface area is 175 Å². The van der Waals surface area contributed by atoms with Gasteiger partial charge in [0.1, 0.15) is 24.4 Å². The molecule has 5 rings (SSSR count). The number of ether oxygens (including phenoxy) is 1. The van der Waals surface area contributed by atoms with E-state index >= 15 is 0 Å². The highest BCUT2D eigenvalue weighted by atomic mass is 16.5. The third kappa shape index (κ3) is 2.63. The third-order valence-corrected chi connectivity index (χ3v) is 6.35. The number of hydrogen-bond acceptors (Lipinski definition) is 3. The summed E-state index contributed by atoms with van der Waals surface area (Å²) in [7, 11) is 1.63. The number of piperazine rings is 1. The van der Waals surface area contributed by atoms with Crippen molar-refractivity contribution in [3.63, 3.8) is 0 Å². The number of carbonyl (C=O) groups is 2. The standard InChI is InChI=1S/C24H25N3O3/c1-14(2)26-13-21(28)27-19(24(26)29)12-17-15-8-4-6-10-18(15)25-22(17)23(27)16-9-5-7-11-20(16)30-3/h4-11,14,19,23,25H,12-13H2,1-3H3/t19-,23+/m1/s1. The maximum Gasteiger partial charge on any atom is 0.246 e. The molecule has 3 aromatic rings. The zero-order valence-electron chi connectivity index (χ0n) is 17.4. The predicted octanol–water partition coefficient (Wildman–Crippen LogP) is 3.27. The largest absolute Gasteiger partial charge is 0.496 e. The average molecular weight is 403 g/mol. The van der Waals surface area contributed by atoms with Crippen LogP contribution in [0.2, 0.25) is 0 Å². The number of aromatic amines is 1. The lowest BCUT2D eigenvalue weighted by Crippen LogP contribution is -2.64. The van der Waals surface area contributed by atoms with Crippen molar-refractivity contribution in [2.45, 2.75) is 38.4 Å². The first-order valence-corrected chi connectivity index (χ1v) is 10.3. The van der Waals surface area contributed by atoms with E-state index in [-0.39, 0.29) is 24.4 Å². The number of benzene rings is 2. The number of carbonyl (C=O) groups excluding carboxylic acids is 2. The van der Waals surface area contributed by atoms with Gasteiger partial charge in [-0.15, -0.1) is 0 Å². The molecule has 0 unspecified atom stereocenters. The molecule has 2 aliphatic rings. The summed E-state index contributed by atoms with van der Waals surface area (Å²) in [6.45, 7) is 4.02. The summed E-state index contributed by atoms with van der Waals surface area (Å²) < 4.78 is 5.64. The van der Waals surface area contributed by atoms with E-state index in [0.29, 0.717) is 12.2 Å². The smallest absolute Gasteiger partial charge is 0.246 e. The van der Waals surface area contributed by atoms with Gasteiger partial charge in [0.25, 0.3) is 0 Å². The molecule has 0 spiro atoms. The Morgan fingerprint density at radius 3 is 2.57 bits per heavy atom. The topological polar surface area (TPSA) is 65.6 Å². The fourth-order valence-electron chi connectivity index (χ4n) is 4.94. The van der Waals surface area contributed by atoms with Crippen molar-refractivity contribution in [3.8, 4) is 5.75 Å². The lowest BCUT2D eigenvalue weighted by Gasteiger charge is -2.48. The van der Waals surface area contributed by atoms with E-state index in [2.05, 4.69) is 11.1 Å². The van der Waals surface area contributed by atoms with Crippen molar-refractivity contribution in [3.05, 3.63) is 65.4 Å². The third-order valence-electron chi connectivity index (χ3n) is 6.35. The van der Waals surface area contributed by atoms with Crippen LogP contribution in [0.5, 0.6) is 5.75 Å². The van der Waals surface area contributed by atoms with Crippen molar-refractivity contribution in [2.75, 3.05) is 13.7 Å². The maximum absolute atomic E-state index is 13.4. The number of methoxy groups -OCH3 is 1. The predicted molar refractivity (Wildman–Crippen MR) is 114 cm³/mol. The van der Waals surface area contributed by atoms with Crippen molar-refractivity contribution in [1.82, 2.24) is 14.8 Å². The number of nitrogens with zero attached hydrogens (tertiary/aromatic N) is 2. The molecule has 0 aliphatic carbocycles. The molecule has 2 aromatic carbocycles. The van der Waals surface area contributed by atoms with E-state index < -0.39 is 12.1 Å². The number of fused-ring (bicyclic) bond motifs is 4. The fraction of sp³-hybridized carbons (Fsp3) is 0.333. The summed E-state index contributed by atoms with van der Waals surface area (Å²) in [6.07, 6.45) is 0.513. The molecule has 1 saturated heterocycles. The summed E-state index contributed by atoms with van der Waals surface area (Å²) in [5.74, 6) is 0.688.